The van der Waals surface area contributed by atoms with Crippen LogP contribution in [0.1, 0.15) is 22.8 Å². The Morgan fingerprint density at radius 2 is 2.21 bits per heavy atom. The summed E-state index contributed by atoms with van der Waals surface area (Å²) in [5.41, 5.74) is 0.629. The zero-order valence-corrected chi connectivity index (χ0v) is 8.00. The van der Waals surface area contributed by atoms with Crippen molar-refractivity contribution >= 4 is 5.97 Å². The number of esters is 1. The van der Waals surface area contributed by atoms with Crippen LogP contribution in [0, 0.1) is 12.7 Å². The lowest BCUT2D eigenvalue weighted by atomic mass is 10.1. The van der Waals surface area contributed by atoms with Crippen molar-refractivity contribution in [2.24, 2.45) is 0 Å². The number of aromatic hydroxyl groups is 1. The Balaban J connectivity index is 3.09. The van der Waals surface area contributed by atoms with Gasteiger partial charge in [0.15, 0.2) is 11.6 Å². The monoisotopic (exact) mass is 198 g/mol. The molecule has 0 radical (unpaired) electrons. The molecule has 0 fully saturated rings. The predicted molar refractivity (Wildman–Crippen MR) is 48.8 cm³/mol. The van der Waals surface area contributed by atoms with E-state index in [9.17, 15) is 9.18 Å². The Bertz CT molecular complexity index is 361. The quantitative estimate of drug-likeness (QED) is 0.739. The third-order valence-corrected chi connectivity index (χ3v) is 1.79. The normalized spacial score (nSPS) is 9.93. The number of rotatable bonds is 2. The number of aryl methyl sites for hydroxylation is 1. The fourth-order valence-corrected chi connectivity index (χ4v) is 1.09. The van der Waals surface area contributed by atoms with Crippen molar-refractivity contribution in [1.82, 2.24) is 0 Å². The van der Waals surface area contributed by atoms with Gasteiger partial charge in [-0.2, -0.15) is 0 Å². The van der Waals surface area contributed by atoms with Crippen molar-refractivity contribution in [3.8, 4) is 5.75 Å². The molecule has 0 saturated carbocycles. The highest BCUT2D eigenvalue weighted by molar-refractivity contribution is 5.91. The van der Waals surface area contributed by atoms with Gasteiger partial charge in [-0.3, -0.25) is 0 Å². The highest BCUT2D eigenvalue weighted by Crippen LogP contribution is 2.21. The van der Waals surface area contributed by atoms with Crippen LogP contribution in [0.3, 0.4) is 0 Å². The van der Waals surface area contributed by atoms with E-state index in [-0.39, 0.29) is 12.2 Å². The Kier molecular flexibility index (Phi) is 3.06. The Hall–Kier alpha value is -1.58. The molecule has 1 aromatic rings. The zero-order valence-electron chi connectivity index (χ0n) is 8.00. The van der Waals surface area contributed by atoms with E-state index in [0.29, 0.717) is 5.56 Å². The van der Waals surface area contributed by atoms with Crippen LogP contribution < -0.4 is 0 Å². The van der Waals surface area contributed by atoms with Gasteiger partial charge in [0, 0.05) is 0 Å². The van der Waals surface area contributed by atoms with Crippen molar-refractivity contribution in [3.05, 3.63) is 29.1 Å². The number of hydrogen-bond donors (Lipinski definition) is 1. The number of ether oxygens (including phenoxy) is 1. The first-order valence-electron chi connectivity index (χ1n) is 4.22. The molecule has 0 saturated heterocycles. The fraction of sp³-hybridized carbons (Fsp3) is 0.300. The maximum atomic E-state index is 12.8. The number of hydrogen-bond acceptors (Lipinski definition) is 3. The predicted octanol–water partition coefficient (Wildman–Crippen LogP) is 2.02. The molecule has 1 rings (SSSR count). The number of phenols is 1. The van der Waals surface area contributed by atoms with Gasteiger partial charge in [0.25, 0.3) is 0 Å². The molecule has 1 aromatic carbocycles. The molecule has 1 N–H and O–H groups in total. The summed E-state index contributed by atoms with van der Waals surface area (Å²) >= 11 is 0. The van der Waals surface area contributed by atoms with Gasteiger partial charge in [-0.1, -0.05) is 0 Å². The molecule has 0 aliphatic carbocycles. The van der Waals surface area contributed by atoms with Crippen LogP contribution in [-0.2, 0) is 4.74 Å². The van der Waals surface area contributed by atoms with Gasteiger partial charge >= 0.3 is 5.97 Å². The SMILES string of the molecule is CCOC(=O)c1cc(O)c(F)cc1C. The molecule has 0 spiro atoms. The molecule has 14 heavy (non-hydrogen) atoms. The number of phenolic OH excluding ortho intramolecular Hbond substituents is 1. The highest BCUT2D eigenvalue weighted by atomic mass is 19.1. The van der Waals surface area contributed by atoms with Crippen LogP contribution >= 0.6 is 0 Å². The van der Waals surface area contributed by atoms with Crippen LogP contribution in [0.2, 0.25) is 0 Å². The smallest absolute Gasteiger partial charge is 0.338 e. The van der Waals surface area contributed by atoms with Gasteiger partial charge in [-0.25, -0.2) is 9.18 Å². The Morgan fingerprint density at radius 3 is 2.79 bits per heavy atom. The topological polar surface area (TPSA) is 46.5 Å². The Labute approximate surface area is 81.1 Å². The van der Waals surface area contributed by atoms with E-state index in [1.54, 1.807) is 13.8 Å². The van der Waals surface area contributed by atoms with Gasteiger partial charge in [0.2, 0.25) is 0 Å². The summed E-state index contributed by atoms with van der Waals surface area (Å²) < 4.78 is 17.5. The van der Waals surface area contributed by atoms with Crippen molar-refractivity contribution < 1.29 is 19.0 Å². The summed E-state index contributed by atoms with van der Waals surface area (Å²) in [6.45, 7) is 3.50. The summed E-state index contributed by atoms with van der Waals surface area (Å²) in [7, 11) is 0. The van der Waals surface area contributed by atoms with E-state index in [1.807, 2.05) is 0 Å². The van der Waals surface area contributed by atoms with Crippen molar-refractivity contribution in [2.45, 2.75) is 13.8 Å². The molecule has 3 nitrogen and oxygen atoms in total. The van der Waals surface area contributed by atoms with Crippen molar-refractivity contribution in [2.75, 3.05) is 6.61 Å². The molecule has 0 unspecified atom stereocenters. The lowest BCUT2D eigenvalue weighted by Gasteiger charge is -2.06. The third kappa shape index (κ3) is 2.02. The third-order valence-electron chi connectivity index (χ3n) is 1.79. The minimum atomic E-state index is -0.740. The molecule has 0 aromatic heterocycles. The maximum absolute atomic E-state index is 12.8. The van der Waals surface area contributed by atoms with Gasteiger partial charge in [-0.05, 0) is 31.5 Å². The number of halogens is 1. The first kappa shape index (κ1) is 10.5. The van der Waals surface area contributed by atoms with Crippen molar-refractivity contribution in [1.29, 1.82) is 0 Å². The average Bonchev–Trinajstić information content (AvgIpc) is 2.11. The molecule has 0 heterocycles. The molecule has 0 bridgehead atoms. The summed E-state index contributed by atoms with van der Waals surface area (Å²) in [6, 6.07) is 2.17. The molecule has 0 aliphatic rings. The van der Waals surface area contributed by atoms with Crippen LogP contribution in [-0.4, -0.2) is 17.7 Å². The summed E-state index contributed by atoms with van der Waals surface area (Å²) in [5, 5.41) is 9.06. The minimum Gasteiger partial charge on any atom is -0.505 e. The minimum absolute atomic E-state index is 0.186. The van der Waals surface area contributed by atoms with E-state index in [1.165, 1.54) is 0 Å². The summed E-state index contributed by atoms with van der Waals surface area (Å²) in [6.07, 6.45) is 0. The van der Waals surface area contributed by atoms with E-state index in [4.69, 9.17) is 9.84 Å². The first-order chi connectivity index (χ1) is 6.56. The largest absolute Gasteiger partial charge is 0.505 e. The summed E-state index contributed by atoms with van der Waals surface area (Å²) in [4.78, 5) is 11.3. The zero-order chi connectivity index (χ0) is 10.7. The fourth-order valence-electron chi connectivity index (χ4n) is 1.09. The maximum Gasteiger partial charge on any atom is 0.338 e. The van der Waals surface area contributed by atoms with Crippen LogP contribution in [0.25, 0.3) is 0 Å². The van der Waals surface area contributed by atoms with Crippen LogP contribution in [0.15, 0.2) is 12.1 Å². The molecule has 0 atom stereocenters. The number of carbonyl (C=O) groups is 1. The summed E-state index contributed by atoms with van der Waals surface area (Å²) in [5.74, 6) is -1.84. The first-order valence-corrected chi connectivity index (χ1v) is 4.22. The molecule has 0 amide bonds. The second kappa shape index (κ2) is 4.09. The standard InChI is InChI=1S/C10H11FO3/c1-3-14-10(13)7-5-9(12)8(11)4-6(7)2/h4-5,12H,3H2,1-2H3. The van der Waals surface area contributed by atoms with E-state index < -0.39 is 17.5 Å². The number of carbonyl (C=O) groups excluding carboxylic acids is 1. The highest BCUT2D eigenvalue weighted by Gasteiger charge is 2.13. The average molecular weight is 198 g/mol. The van der Waals surface area contributed by atoms with Gasteiger partial charge in [-0.15, -0.1) is 0 Å². The van der Waals surface area contributed by atoms with Gasteiger partial charge in [0.1, 0.15) is 0 Å². The second-order valence-electron chi connectivity index (χ2n) is 2.84. The van der Waals surface area contributed by atoms with E-state index in [0.717, 1.165) is 12.1 Å². The number of benzene rings is 1. The lowest BCUT2D eigenvalue weighted by molar-refractivity contribution is 0.0525. The van der Waals surface area contributed by atoms with Gasteiger partial charge in [0.05, 0.1) is 12.2 Å². The second-order valence-corrected chi connectivity index (χ2v) is 2.84. The van der Waals surface area contributed by atoms with Crippen LogP contribution in [0.5, 0.6) is 5.75 Å². The molecular formula is C10H11FO3. The lowest BCUT2D eigenvalue weighted by Crippen LogP contribution is -2.06. The van der Waals surface area contributed by atoms with E-state index in [2.05, 4.69) is 0 Å². The van der Waals surface area contributed by atoms with Crippen LogP contribution in [0.4, 0.5) is 4.39 Å². The Morgan fingerprint density at radius 1 is 1.57 bits per heavy atom. The molecule has 76 valence electrons. The van der Waals surface area contributed by atoms with E-state index >= 15 is 0 Å². The molecule has 0 aliphatic heterocycles. The molecular weight excluding hydrogens is 187 g/mol. The van der Waals surface area contributed by atoms with Gasteiger partial charge < -0.3 is 9.84 Å². The van der Waals surface area contributed by atoms with Crippen molar-refractivity contribution in [3.63, 3.8) is 0 Å². The molecule has 4 heteroatoms.